The minimum Gasteiger partial charge on any atom is -0.744 e. The molecule has 0 aromatic heterocycles. The van der Waals surface area contributed by atoms with Gasteiger partial charge in [0.1, 0.15) is 39.0 Å². The first-order valence-corrected chi connectivity index (χ1v) is 13.4. The van der Waals surface area contributed by atoms with E-state index in [4.69, 9.17) is 14.2 Å². The van der Waals surface area contributed by atoms with Crippen LogP contribution in [0.5, 0.6) is 17.2 Å². The number of hydrogen-bond acceptors (Lipinski definition) is 6. The van der Waals surface area contributed by atoms with Crippen LogP contribution in [-0.2, 0) is 21.0 Å². The van der Waals surface area contributed by atoms with E-state index in [1.807, 2.05) is 36.4 Å². The van der Waals surface area contributed by atoms with Gasteiger partial charge in [-0.25, -0.2) is 17.2 Å². The minimum atomic E-state index is -4.84. The zero-order valence-electron chi connectivity index (χ0n) is 20.2. The van der Waals surface area contributed by atoms with Crippen LogP contribution in [0.3, 0.4) is 0 Å². The molecule has 0 amide bonds. The normalized spacial score (nSPS) is 10.9. The molecule has 0 aliphatic rings. The number of benzene rings is 4. The quantitative estimate of drug-likeness (QED) is 0.219. The number of ether oxygens (including phenoxy) is 3. The van der Waals surface area contributed by atoms with Gasteiger partial charge >= 0.3 is 0 Å². The van der Waals surface area contributed by atoms with Gasteiger partial charge in [-0.1, -0.05) is 0 Å². The lowest BCUT2D eigenvalue weighted by Crippen LogP contribution is -2.05. The van der Waals surface area contributed by atoms with Crippen molar-refractivity contribution in [1.82, 2.24) is 0 Å². The summed E-state index contributed by atoms with van der Waals surface area (Å²) in [5.74, 6) is 0.273. The van der Waals surface area contributed by atoms with E-state index < -0.39 is 26.6 Å². The van der Waals surface area contributed by atoms with Crippen LogP contribution in [0, 0.1) is 11.6 Å². The molecule has 0 fully saturated rings. The van der Waals surface area contributed by atoms with Crippen molar-refractivity contribution in [2.45, 2.75) is 19.6 Å². The highest BCUT2D eigenvalue weighted by molar-refractivity contribution is 7.97. The van der Waals surface area contributed by atoms with Crippen molar-refractivity contribution < 1.29 is 36.0 Å². The molecule has 0 saturated carbocycles. The van der Waals surface area contributed by atoms with Crippen LogP contribution >= 0.6 is 0 Å². The third kappa shape index (κ3) is 7.45. The fourth-order valence-electron chi connectivity index (χ4n) is 3.22. The van der Waals surface area contributed by atoms with Gasteiger partial charge in [0.15, 0.2) is 14.7 Å². The lowest BCUT2D eigenvalue weighted by atomic mass is 10.3. The van der Waals surface area contributed by atoms with Gasteiger partial charge in [0, 0.05) is 6.07 Å². The smallest absolute Gasteiger partial charge is 0.166 e. The van der Waals surface area contributed by atoms with Gasteiger partial charge in [-0.3, -0.25) is 0 Å². The van der Waals surface area contributed by atoms with Crippen LogP contribution in [0.15, 0.2) is 111 Å². The molecule has 0 atom stereocenters. The zero-order chi connectivity index (χ0) is 27.0. The molecule has 6 nitrogen and oxygen atoms in total. The summed E-state index contributed by atoms with van der Waals surface area (Å²) in [4.78, 5) is 2.66. The lowest BCUT2D eigenvalue weighted by Gasteiger charge is -2.10. The van der Waals surface area contributed by atoms with Gasteiger partial charge in [-0.15, -0.1) is 0 Å². The predicted molar refractivity (Wildman–Crippen MR) is 135 cm³/mol. The average Bonchev–Trinajstić information content (AvgIpc) is 2.89. The molecule has 0 bridgehead atoms. The van der Waals surface area contributed by atoms with Crippen LogP contribution in [-0.4, -0.2) is 34.3 Å². The Morgan fingerprint density at radius 2 is 0.973 bits per heavy atom. The Balaban J connectivity index is 0.000000266. The molecule has 0 aliphatic heterocycles. The molecule has 10 heteroatoms. The van der Waals surface area contributed by atoms with Crippen LogP contribution in [0.4, 0.5) is 8.78 Å². The highest BCUT2D eigenvalue weighted by Crippen LogP contribution is 2.33. The molecular weight excluding hydrogens is 522 g/mol. The summed E-state index contributed by atoms with van der Waals surface area (Å²) in [7, 11) is -0.00720. The van der Waals surface area contributed by atoms with Crippen molar-refractivity contribution >= 4 is 21.0 Å². The molecule has 0 N–H and O–H groups in total. The average molecular weight is 547 g/mol. The largest absolute Gasteiger partial charge is 0.744 e. The Bertz CT molecular complexity index is 1300. The molecule has 0 radical (unpaired) electrons. The minimum absolute atomic E-state index is 0.212. The van der Waals surface area contributed by atoms with E-state index in [2.05, 4.69) is 36.4 Å². The van der Waals surface area contributed by atoms with Crippen LogP contribution in [0.1, 0.15) is 0 Å². The zero-order valence-corrected chi connectivity index (χ0v) is 21.8. The van der Waals surface area contributed by atoms with Crippen LogP contribution < -0.4 is 14.2 Å². The Kier molecular flexibility index (Phi) is 9.51. The number of hydrogen-bond donors (Lipinski definition) is 0. The Morgan fingerprint density at radius 3 is 1.24 bits per heavy atom. The second-order valence-corrected chi connectivity index (χ2v) is 10.7. The Hall–Kier alpha value is -3.60. The molecule has 0 heterocycles. The van der Waals surface area contributed by atoms with Gasteiger partial charge in [0.25, 0.3) is 0 Å². The molecule has 0 aliphatic carbocycles. The Morgan fingerprint density at radius 1 is 0.622 bits per heavy atom. The van der Waals surface area contributed by atoms with E-state index >= 15 is 0 Å². The van der Waals surface area contributed by atoms with E-state index in [1.165, 1.54) is 14.7 Å². The van der Waals surface area contributed by atoms with Crippen molar-refractivity contribution in [3.8, 4) is 17.2 Å². The molecular formula is C27H24F2O6S2. The monoisotopic (exact) mass is 546 g/mol. The van der Waals surface area contributed by atoms with Gasteiger partial charge in [0.2, 0.25) is 0 Å². The number of halogens is 2. The maximum Gasteiger partial charge on any atom is 0.166 e. The van der Waals surface area contributed by atoms with E-state index in [0.29, 0.717) is 18.2 Å². The van der Waals surface area contributed by atoms with Gasteiger partial charge in [-0.2, -0.15) is 0 Å². The number of rotatable bonds is 7. The Labute approximate surface area is 217 Å². The molecule has 37 heavy (non-hydrogen) atoms. The second-order valence-electron chi connectivity index (χ2n) is 7.36. The molecule has 0 spiro atoms. The fourth-order valence-corrected chi connectivity index (χ4v) is 5.80. The van der Waals surface area contributed by atoms with Gasteiger partial charge in [0.05, 0.1) is 37.1 Å². The molecule has 4 aromatic carbocycles. The van der Waals surface area contributed by atoms with Crippen molar-refractivity contribution in [3.63, 3.8) is 0 Å². The SMILES string of the molecule is COc1ccc([S+](c2ccc(OC)cc2)c2ccc(OC)cc2)cc1.O=S(=O)([O-])c1ccc(F)cc1F. The van der Waals surface area contributed by atoms with Crippen LogP contribution in [0.2, 0.25) is 0 Å². The van der Waals surface area contributed by atoms with E-state index in [1.54, 1.807) is 21.3 Å². The number of methoxy groups -OCH3 is 3. The first-order valence-electron chi connectivity index (χ1n) is 10.7. The van der Waals surface area contributed by atoms with Crippen molar-refractivity contribution in [2.24, 2.45) is 0 Å². The van der Waals surface area contributed by atoms with Crippen molar-refractivity contribution in [2.75, 3.05) is 21.3 Å². The first-order chi connectivity index (χ1) is 17.7. The van der Waals surface area contributed by atoms with Crippen LogP contribution in [0.25, 0.3) is 0 Å². The molecule has 4 rings (SSSR count). The third-order valence-corrected chi connectivity index (χ3v) is 8.15. The van der Waals surface area contributed by atoms with E-state index in [9.17, 15) is 21.8 Å². The molecule has 4 aromatic rings. The molecule has 0 saturated heterocycles. The summed E-state index contributed by atoms with van der Waals surface area (Å²) in [5.41, 5.74) is 0. The predicted octanol–water partition coefficient (Wildman–Crippen LogP) is 5.68. The van der Waals surface area contributed by atoms with E-state index in [-0.39, 0.29) is 10.9 Å². The van der Waals surface area contributed by atoms with Crippen molar-refractivity contribution in [3.05, 3.63) is 103 Å². The summed E-state index contributed by atoms with van der Waals surface area (Å²) >= 11 is 0. The lowest BCUT2D eigenvalue weighted by molar-refractivity contribution is 0.414. The maximum atomic E-state index is 12.5. The summed E-state index contributed by atoms with van der Waals surface area (Å²) in [6.07, 6.45) is 0. The second kappa shape index (κ2) is 12.6. The highest BCUT2D eigenvalue weighted by Gasteiger charge is 2.28. The summed E-state index contributed by atoms with van der Waals surface area (Å²) in [6, 6.07) is 26.4. The van der Waals surface area contributed by atoms with Gasteiger partial charge in [-0.05, 0) is 84.9 Å². The third-order valence-electron chi connectivity index (χ3n) is 5.05. The van der Waals surface area contributed by atoms with Gasteiger partial charge < -0.3 is 18.8 Å². The standard InChI is InChI=1S/C21H21O3S.C6H4F2O3S/c1-22-16-4-10-19(11-5-16)25(20-12-6-17(23-2)7-13-20)21-14-8-18(24-3)9-15-21;7-4-1-2-6(5(8)3-4)12(9,10)11/h4-15H,1-3H3;1-3H,(H,9,10,11)/q+1;/p-1. The fraction of sp³-hybridized carbons (Fsp3) is 0.111. The summed E-state index contributed by atoms with van der Waals surface area (Å²) < 4.78 is 71.3. The summed E-state index contributed by atoms with van der Waals surface area (Å²) in [6.45, 7) is 0. The maximum absolute atomic E-state index is 12.5. The van der Waals surface area contributed by atoms with E-state index in [0.717, 1.165) is 17.2 Å². The summed E-state index contributed by atoms with van der Waals surface area (Å²) in [5, 5.41) is 0. The molecule has 0 unspecified atom stereocenters. The van der Waals surface area contributed by atoms with Crippen molar-refractivity contribution in [1.29, 1.82) is 0 Å². The highest BCUT2D eigenvalue weighted by atomic mass is 32.2. The topological polar surface area (TPSA) is 84.9 Å². The first kappa shape index (κ1) is 28.0. The molecule has 194 valence electrons.